The minimum absolute atomic E-state index is 0.296. The molecule has 0 aliphatic heterocycles. The molecule has 1 unspecified atom stereocenters. The molecule has 1 aromatic carbocycles. The third-order valence-corrected chi connectivity index (χ3v) is 2.46. The molecular weight excluding hydrogens is 176 g/mol. The molecule has 0 aliphatic carbocycles. The third-order valence-electron chi connectivity index (χ3n) is 2.46. The standard InChI is InChI=1S/C11H12N2O/c1-8(11(12)14)13-7-6-9-4-2-3-5-10(9)13/h2-8H,1H3,(H2,12,14). The monoisotopic (exact) mass is 188 g/mol. The summed E-state index contributed by atoms with van der Waals surface area (Å²) in [5, 5.41) is 1.13. The Hall–Kier alpha value is -1.77. The van der Waals surface area contributed by atoms with Gasteiger partial charge in [-0.2, -0.15) is 0 Å². The van der Waals surface area contributed by atoms with Gasteiger partial charge in [-0.1, -0.05) is 18.2 Å². The van der Waals surface area contributed by atoms with Crippen LogP contribution in [0.1, 0.15) is 13.0 Å². The summed E-state index contributed by atoms with van der Waals surface area (Å²) >= 11 is 0. The summed E-state index contributed by atoms with van der Waals surface area (Å²) in [6.45, 7) is 1.80. The Balaban J connectivity index is 2.58. The summed E-state index contributed by atoms with van der Waals surface area (Å²) in [5.74, 6) is -0.314. The minimum Gasteiger partial charge on any atom is -0.368 e. The zero-order valence-electron chi connectivity index (χ0n) is 7.97. The zero-order valence-corrected chi connectivity index (χ0v) is 7.97. The lowest BCUT2D eigenvalue weighted by Crippen LogP contribution is -2.23. The number of nitrogens with two attached hydrogens (primary N) is 1. The average Bonchev–Trinajstić information content (AvgIpc) is 2.60. The van der Waals surface area contributed by atoms with Gasteiger partial charge in [0.05, 0.1) is 0 Å². The van der Waals surface area contributed by atoms with Crippen LogP contribution >= 0.6 is 0 Å². The van der Waals surface area contributed by atoms with Gasteiger partial charge in [-0.05, 0) is 24.4 Å². The van der Waals surface area contributed by atoms with Crippen LogP contribution in [0.2, 0.25) is 0 Å². The number of hydrogen-bond donors (Lipinski definition) is 1. The van der Waals surface area contributed by atoms with Crippen molar-refractivity contribution in [3.8, 4) is 0 Å². The Kier molecular flexibility index (Phi) is 2.00. The minimum atomic E-state index is -0.314. The van der Waals surface area contributed by atoms with Crippen molar-refractivity contribution in [3.05, 3.63) is 36.5 Å². The fraction of sp³-hybridized carbons (Fsp3) is 0.182. The second kappa shape index (κ2) is 3.18. The van der Waals surface area contributed by atoms with E-state index in [1.54, 1.807) is 6.92 Å². The summed E-state index contributed by atoms with van der Waals surface area (Å²) in [6, 6.07) is 9.60. The lowest BCUT2D eigenvalue weighted by atomic mass is 10.2. The van der Waals surface area contributed by atoms with Crippen LogP contribution in [-0.2, 0) is 4.79 Å². The van der Waals surface area contributed by atoms with Gasteiger partial charge in [0.25, 0.3) is 0 Å². The maximum absolute atomic E-state index is 11.0. The molecule has 14 heavy (non-hydrogen) atoms. The summed E-state index contributed by atoms with van der Waals surface area (Å²) < 4.78 is 1.89. The number of benzene rings is 1. The predicted molar refractivity (Wildman–Crippen MR) is 55.8 cm³/mol. The zero-order chi connectivity index (χ0) is 10.1. The first kappa shape index (κ1) is 8.81. The average molecular weight is 188 g/mol. The van der Waals surface area contributed by atoms with E-state index in [-0.39, 0.29) is 11.9 Å². The third kappa shape index (κ3) is 1.27. The molecule has 0 aliphatic rings. The van der Waals surface area contributed by atoms with Crippen LogP contribution in [0.25, 0.3) is 10.9 Å². The van der Waals surface area contributed by atoms with Crippen molar-refractivity contribution in [3.63, 3.8) is 0 Å². The molecule has 3 heteroatoms. The summed E-state index contributed by atoms with van der Waals surface area (Å²) in [6.07, 6.45) is 1.89. The van der Waals surface area contributed by atoms with Gasteiger partial charge in [0, 0.05) is 11.7 Å². The van der Waals surface area contributed by atoms with Crippen molar-refractivity contribution < 1.29 is 4.79 Å². The Morgan fingerprint density at radius 3 is 2.79 bits per heavy atom. The fourth-order valence-corrected chi connectivity index (χ4v) is 1.58. The molecule has 1 heterocycles. The van der Waals surface area contributed by atoms with Crippen LogP contribution < -0.4 is 5.73 Å². The Bertz CT molecular complexity index is 473. The molecule has 3 nitrogen and oxygen atoms in total. The number of carbonyl (C=O) groups is 1. The molecule has 0 saturated heterocycles. The maximum Gasteiger partial charge on any atom is 0.240 e. The lowest BCUT2D eigenvalue weighted by molar-refractivity contribution is -0.120. The normalized spacial score (nSPS) is 12.9. The Labute approximate surface area is 82.1 Å². The number of nitrogens with zero attached hydrogens (tertiary/aromatic N) is 1. The van der Waals surface area contributed by atoms with Crippen molar-refractivity contribution in [1.82, 2.24) is 4.57 Å². The molecule has 0 fully saturated rings. The molecule has 2 N–H and O–H groups in total. The van der Waals surface area contributed by atoms with Crippen molar-refractivity contribution in [2.24, 2.45) is 5.73 Å². The number of para-hydroxylation sites is 1. The predicted octanol–water partition coefficient (Wildman–Crippen LogP) is 1.69. The number of rotatable bonds is 2. The fourth-order valence-electron chi connectivity index (χ4n) is 1.58. The van der Waals surface area contributed by atoms with Crippen molar-refractivity contribution in [2.45, 2.75) is 13.0 Å². The van der Waals surface area contributed by atoms with Crippen molar-refractivity contribution in [2.75, 3.05) is 0 Å². The summed E-state index contributed by atoms with van der Waals surface area (Å²) in [7, 11) is 0. The molecule has 2 rings (SSSR count). The van der Waals surface area contributed by atoms with Crippen LogP contribution in [0.15, 0.2) is 36.5 Å². The molecule has 1 aromatic heterocycles. The number of fused-ring (bicyclic) bond motifs is 1. The van der Waals surface area contributed by atoms with E-state index in [1.807, 2.05) is 41.1 Å². The van der Waals surface area contributed by atoms with Crippen LogP contribution in [0, 0.1) is 0 Å². The van der Waals surface area contributed by atoms with E-state index in [0.717, 1.165) is 10.9 Å². The SMILES string of the molecule is CC(C(N)=O)n1ccc2ccccc21. The van der Waals surface area contributed by atoms with Crippen LogP contribution in [0.3, 0.4) is 0 Å². The van der Waals surface area contributed by atoms with Gasteiger partial charge in [0.15, 0.2) is 0 Å². The molecule has 0 radical (unpaired) electrons. The lowest BCUT2D eigenvalue weighted by Gasteiger charge is -2.10. The second-order valence-electron chi connectivity index (χ2n) is 3.36. The maximum atomic E-state index is 11.0. The number of amides is 1. The van der Waals surface area contributed by atoms with Gasteiger partial charge in [0.1, 0.15) is 6.04 Å². The Morgan fingerprint density at radius 1 is 1.36 bits per heavy atom. The van der Waals surface area contributed by atoms with E-state index >= 15 is 0 Å². The number of carbonyl (C=O) groups excluding carboxylic acids is 1. The van der Waals surface area contributed by atoms with Crippen LogP contribution in [-0.4, -0.2) is 10.5 Å². The van der Waals surface area contributed by atoms with E-state index in [4.69, 9.17) is 5.73 Å². The van der Waals surface area contributed by atoms with Gasteiger partial charge >= 0.3 is 0 Å². The Morgan fingerprint density at radius 2 is 2.07 bits per heavy atom. The van der Waals surface area contributed by atoms with Crippen LogP contribution in [0.4, 0.5) is 0 Å². The molecular formula is C11H12N2O. The first-order chi connectivity index (χ1) is 6.70. The highest BCUT2D eigenvalue weighted by atomic mass is 16.1. The second-order valence-corrected chi connectivity index (χ2v) is 3.36. The van der Waals surface area contributed by atoms with Gasteiger partial charge in [-0.3, -0.25) is 4.79 Å². The largest absolute Gasteiger partial charge is 0.368 e. The van der Waals surface area contributed by atoms with E-state index in [9.17, 15) is 4.79 Å². The molecule has 72 valence electrons. The van der Waals surface area contributed by atoms with Crippen molar-refractivity contribution in [1.29, 1.82) is 0 Å². The van der Waals surface area contributed by atoms with Crippen molar-refractivity contribution >= 4 is 16.8 Å². The quantitative estimate of drug-likeness (QED) is 0.765. The first-order valence-electron chi connectivity index (χ1n) is 4.55. The first-order valence-corrected chi connectivity index (χ1v) is 4.55. The molecule has 0 bridgehead atoms. The van der Waals surface area contributed by atoms with Gasteiger partial charge in [-0.25, -0.2) is 0 Å². The molecule has 0 spiro atoms. The summed E-state index contributed by atoms with van der Waals surface area (Å²) in [5.41, 5.74) is 6.30. The van der Waals surface area contributed by atoms with E-state index < -0.39 is 0 Å². The van der Waals surface area contributed by atoms with E-state index in [2.05, 4.69) is 0 Å². The highest BCUT2D eigenvalue weighted by Crippen LogP contribution is 2.19. The molecule has 1 atom stereocenters. The molecule has 2 aromatic rings. The number of primary amides is 1. The van der Waals surface area contributed by atoms with E-state index in [0.29, 0.717) is 0 Å². The van der Waals surface area contributed by atoms with Gasteiger partial charge in [0.2, 0.25) is 5.91 Å². The topological polar surface area (TPSA) is 48.0 Å². The number of aromatic nitrogens is 1. The smallest absolute Gasteiger partial charge is 0.240 e. The summed E-state index contributed by atoms with van der Waals surface area (Å²) in [4.78, 5) is 11.0. The van der Waals surface area contributed by atoms with E-state index in [1.165, 1.54) is 0 Å². The molecule has 1 amide bonds. The number of hydrogen-bond acceptors (Lipinski definition) is 1. The van der Waals surface area contributed by atoms with Gasteiger partial charge < -0.3 is 10.3 Å². The highest BCUT2D eigenvalue weighted by Gasteiger charge is 2.12. The van der Waals surface area contributed by atoms with Crippen LogP contribution in [0.5, 0.6) is 0 Å². The highest BCUT2D eigenvalue weighted by molar-refractivity contribution is 5.84. The van der Waals surface area contributed by atoms with Gasteiger partial charge in [-0.15, -0.1) is 0 Å². The molecule has 0 saturated carbocycles.